The van der Waals surface area contributed by atoms with Crippen molar-refractivity contribution < 1.29 is 14.3 Å². The highest BCUT2D eigenvalue weighted by Crippen LogP contribution is 2.04. The summed E-state index contributed by atoms with van der Waals surface area (Å²) in [6, 6.07) is 0. The van der Waals surface area contributed by atoms with Gasteiger partial charge in [-0.2, -0.15) is 5.10 Å². The number of carbonyl (C=O) groups excluding carboxylic acids is 2. The normalized spacial score (nSPS) is 9.88. The van der Waals surface area contributed by atoms with Crippen molar-refractivity contribution in [3.63, 3.8) is 0 Å². The van der Waals surface area contributed by atoms with E-state index in [1.165, 1.54) is 7.11 Å². The summed E-state index contributed by atoms with van der Waals surface area (Å²) >= 11 is 0. The van der Waals surface area contributed by atoms with Crippen LogP contribution in [0.15, 0.2) is 6.20 Å². The van der Waals surface area contributed by atoms with Crippen molar-refractivity contribution in [1.82, 2.24) is 15.5 Å². The molecule has 0 fully saturated rings. The van der Waals surface area contributed by atoms with Gasteiger partial charge >= 0.3 is 11.9 Å². The first-order valence-electron chi connectivity index (χ1n) is 5.00. The number of H-pyrrole nitrogens is 1. The van der Waals surface area contributed by atoms with Gasteiger partial charge in [0, 0.05) is 12.2 Å². The summed E-state index contributed by atoms with van der Waals surface area (Å²) in [5.74, 6) is -1.56. The molecule has 0 aromatic carbocycles. The Balaban J connectivity index is 2.20. The molecule has 0 radical (unpaired) electrons. The van der Waals surface area contributed by atoms with Crippen LogP contribution in [-0.4, -0.2) is 35.7 Å². The number of amides is 1. The number of ether oxygens (including phenoxy) is 1. The summed E-state index contributed by atoms with van der Waals surface area (Å²) in [5, 5.41) is 9.20. The fourth-order valence-electron chi connectivity index (χ4n) is 1.27. The topological polar surface area (TPSA) is 84.1 Å². The van der Waals surface area contributed by atoms with Crippen LogP contribution >= 0.6 is 0 Å². The molecule has 88 valence electrons. The lowest BCUT2D eigenvalue weighted by Gasteiger charge is -2.02. The first-order chi connectivity index (χ1) is 7.65. The molecule has 0 aliphatic rings. The SMILES string of the molecule is COC(=O)C(=O)NCCCc1cn[nH]c1C. The summed E-state index contributed by atoms with van der Waals surface area (Å²) in [7, 11) is 1.18. The van der Waals surface area contributed by atoms with Crippen LogP contribution in [0.2, 0.25) is 0 Å². The Morgan fingerprint density at radius 3 is 2.88 bits per heavy atom. The Labute approximate surface area is 93.4 Å². The molecule has 0 spiro atoms. The second kappa shape index (κ2) is 5.89. The van der Waals surface area contributed by atoms with Gasteiger partial charge < -0.3 is 10.1 Å². The molecule has 0 aliphatic carbocycles. The maximum absolute atomic E-state index is 11.0. The zero-order valence-corrected chi connectivity index (χ0v) is 9.37. The number of nitrogens with one attached hydrogen (secondary N) is 2. The van der Waals surface area contributed by atoms with Gasteiger partial charge in [0.15, 0.2) is 0 Å². The molecule has 0 saturated carbocycles. The molecule has 0 atom stereocenters. The molecular formula is C10H15N3O3. The van der Waals surface area contributed by atoms with Crippen molar-refractivity contribution in [3.8, 4) is 0 Å². The van der Waals surface area contributed by atoms with Gasteiger partial charge in [0.25, 0.3) is 0 Å². The van der Waals surface area contributed by atoms with Crippen LogP contribution in [0.4, 0.5) is 0 Å². The monoisotopic (exact) mass is 225 g/mol. The number of rotatable bonds is 4. The summed E-state index contributed by atoms with van der Waals surface area (Å²) in [5.41, 5.74) is 2.15. The van der Waals surface area contributed by atoms with E-state index < -0.39 is 11.9 Å². The molecule has 1 heterocycles. The minimum absolute atomic E-state index is 0.443. The summed E-state index contributed by atoms with van der Waals surface area (Å²) < 4.78 is 4.27. The quantitative estimate of drug-likeness (QED) is 0.427. The number of aromatic amines is 1. The van der Waals surface area contributed by atoms with Crippen LogP contribution in [0.5, 0.6) is 0 Å². The number of esters is 1. The Morgan fingerprint density at radius 2 is 2.31 bits per heavy atom. The second-order valence-corrected chi connectivity index (χ2v) is 3.37. The maximum atomic E-state index is 11.0. The fourth-order valence-corrected chi connectivity index (χ4v) is 1.27. The fraction of sp³-hybridized carbons (Fsp3) is 0.500. The first kappa shape index (κ1) is 12.2. The van der Waals surface area contributed by atoms with Gasteiger partial charge in [-0.05, 0) is 25.3 Å². The largest absolute Gasteiger partial charge is 0.462 e. The van der Waals surface area contributed by atoms with E-state index in [9.17, 15) is 9.59 Å². The van der Waals surface area contributed by atoms with Crippen molar-refractivity contribution in [2.75, 3.05) is 13.7 Å². The van der Waals surface area contributed by atoms with E-state index in [2.05, 4.69) is 20.3 Å². The van der Waals surface area contributed by atoms with Crippen LogP contribution in [0.25, 0.3) is 0 Å². The lowest BCUT2D eigenvalue weighted by molar-refractivity contribution is -0.152. The predicted octanol–water partition coefficient (Wildman–Crippen LogP) is -0.0601. The molecule has 1 aromatic heterocycles. The van der Waals surface area contributed by atoms with Crippen molar-refractivity contribution in [1.29, 1.82) is 0 Å². The number of carbonyl (C=O) groups is 2. The van der Waals surface area contributed by atoms with Crippen molar-refractivity contribution >= 4 is 11.9 Å². The van der Waals surface area contributed by atoms with E-state index in [4.69, 9.17) is 0 Å². The summed E-state index contributed by atoms with van der Waals surface area (Å²) in [4.78, 5) is 21.7. The Hall–Kier alpha value is -1.85. The molecule has 0 saturated heterocycles. The lowest BCUT2D eigenvalue weighted by atomic mass is 10.1. The lowest BCUT2D eigenvalue weighted by Crippen LogP contribution is -2.32. The predicted molar refractivity (Wildman–Crippen MR) is 56.7 cm³/mol. The van der Waals surface area contributed by atoms with Crippen LogP contribution < -0.4 is 5.32 Å². The molecule has 6 heteroatoms. The van der Waals surface area contributed by atoms with Crippen molar-refractivity contribution in [2.45, 2.75) is 19.8 Å². The third-order valence-electron chi connectivity index (χ3n) is 2.21. The van der Waals surface area contributed by atoms with Crippen molar-refractivity contribution in [3.05, 3.63) is 17.5 Å². The van der Waals surface area contributed by atoms with Crippen LogP contribution in [0.1, 0.15) is 17.7 Å². The molecule has 1 amide bonds. The van der Waals surface area contributed by atoms with Crippen molar-refractivity contribution in [2.24, 2.45) is 0 Å². The number of aromatic nitrogens is 2. The minimum atomic E-state index is -0.862. The average Bonchev–Trinajstić information content (AvgIpc) is 2.69. The molecule has 2 N–H and O–H groups in total. The Kier molecular flexibility index (Phi) is 4.50. The van der Waals surface area contributed by atoms with Gasteiger partial charge in [-0.15, -0.1) is 0 Å². The Morgan fingerprint density at radius 1 is 1.56 bits per heavy atom. The average molecular weight is 225 g/mol. The van der Waals surface area contributed by atoms with E-state index >= 15 is 0 Å². The molecule has 0 aliphatic heterocycles. The highest BCUT2D eigenvalue weighted by molar-refractivity contribution is 6.32. The summed E-state index contributed by atoms with van der Waals surface area (Å²) in [6.07, 6.45) is 3.32. The van der Waals surface area contributed by atoms with Gasteiger partial charge in [-0.3, -0.25) is 9.89 Å². The maximum Gasteiger partial charge on any atom is 0.396 e. The number of aryl methyl sites for hydroxylation is 2. The van der Waals surface area contributed by atoms with Crippen LogP contribution in [-0.2, 0) is 20.7 Å². The van der Waals surface area contributed by atoms with Crippen LogP contribution in [0.3, 0.4) is 0 Å². The minimum Gasteiger partial charge on any atom is -0.462 e. The van der Waals surface area contributed by atoms with E-state index in [1.54, 1.807) is 6.20 Å². The highest BCUT2D eigenvalue weighted by Gasteiger charge is 2.11. The van der Waals surface area contributed by atoms with Gasteiger partial charge in [-0.1, -0.05) is 0 Å². The second-order valence-electron chi connectivity index (χ2n) is 3.37. The zero-order chi connectivity index (χ0) is 12.0. The third-order valence-corrected chi connectivity index (χ3v) is 2.21. The first-order valence-corrected chi connectivity index (χ1v) is 5.00. The smallest absolute Gasteiger partial charge is 0.396 e. The molecule has 0 bridgehead atoms. The molecular weight excluding hydrogens is 210 g/mol. The Bertz CT molecular complexity index is 373. The van der Waals surface area contributed by atoms with Gasteiger partial charge in [0.05, 0.1) is 13.3 Å². The molecule has 0 unspecified atom stereocenters. The molecule has 1 rings (SSSR count). The number of hydrogen-bond donors (Lipinski definition) is 2. The van der Waals surface area contributed by atoms with Gasteiger partial charge in [-0.25, -0.2) is 4.79 Å². The number of methoxy groups -OCH3 is 1. The number of nitrogens with zero attached hydrogens (tertiary/aromatic N) is 1. The van der Waals surface area contributed by atoms with E-state index in [0.29, 0.717) is 6.54 Å². The van der Waals surface area contributed by atoms with Gasteiger partial charge in [0.2, 0.25) is 0 Å². The summed E-state index contributed by atoms with van der Waals surface area (Å²) in [6.45, 7) is 2.38. The standard InChI is InChI=1S/C10H15N3O3/c1-7-8(6-12-13-7)4-3-5-11-9(14)10(15)16-2/h6H,3-5H2,1-2H3,(H,11,14)(H,12,13). The van der Waals surface area contributed by atoms with E-state index in [1.807, 2.05) is 6.92 Å². The van der Waals surface area contributed by atoms with E-state index in [-0.39, 0.29) is 0 Å². The van der Waals surface area contributed by atoms with Crippen LogP contribution in [0, 0.1) is 6.92 Å². The van der Waals surface area contributed by atoms with Gasteiger partial charge in [0.1, 0.15) is 0 Å². The van der Waals surface area contributed by atoms with E-state index in [0.717, 1.165) is 24.1 Å². The molecule has 6 nitrogen and oxygen atoms in total. The highest BCUT2D eigenvalue weighted by atomic mass is 16.5. The number of hydrogen-bond acceptors (Lipinski definition) is 4. The molecule has 1 aromatic rings. The molecule has 16 heavy (non-hydrogen) atoms. The third kappa shape index (κ3) is 3.38. The zero-order valence-electron chi connectivity index (χ0n) is 9.37.